The Kier molecular flexibility index (Phi) is 26.4. The summed E-state index contributed by atoms with van der Waals surface area (Å²) in [6.07, 6.45) is 2.57. The van der Waals surface area contributed by atoms with E-state index in [4.69, 9.17) is 5.11 Å². The van der Waals surface area contributed by atoms with Crippen molar-refractivity contribution in [1.82, 2.24) is 41.7 Å². The van der Waals surface area contributed by atoms with Gasteiger partial charge in [0.2, 0.25) is 35.9 Å². The highest BCUT2D eigenvalue weighted by atomic mass is 16.4. The Labute approximate surface area is 404 Å². The Morgan fingerprint density at radius 1 is 0.676 bits per heavy atom. The summed E-state index contributed by atoms with van der Waals surface area (Å²) in [5.74, 6) is -3.19. The lowest BCUT2D eigenvalue weighted by Crippen LogP contribution is -2.59. The Morgan fingerprint density at radius 3 is 1.79 bits per heavy atom. The quantitative estimate of drug-likeness (QED) is 0.0392. The summed E-state index contributed by atoms with van der Waals surface area (Å²) in [7, 11) is 1.88. The summed E-state index contributed by atoms with van der Waals surface area (Å²) in [4.78, 5) is 98.1. The second-order valence-electron chi connectivity index (χ2n) is 18.8. The van der Waals surface area contributed by atoms with Gasteiger partial charge < -0.3 is 56.8 Å². The van der Waals surface area contributed by atoms with Gasteiger partial charge in [-0.15, -0.1) is 0 Å². The van der Waals surface area contributed by atoms with Crippen molar-refractivity contribution in [3.8, 4) is 0 Å². The first-order chi connectivity index (χ1) is 32.2. The van der Waals surface area contributed by atoms with Gasteiger partial charge in [0.15, 0.2) is 0 Å². The molecule has 18 heteroatoms. The summed E-state index contributed by atoms with van der Waals surface area (Å²) < 4.78 is 0. The molecule has 0 spiro atoms. The number of nitrogens with one attached hydrogen (secondary N) is 6. The van der Waals surface area contributed by atoms with E-state index in [1.165, 1.54) is 11.8 Å². The van der Waals surface area contributed by atoms with Crippen molar-refractivity contribution in [1.29, 1.82) is 0 Å². The smallest absolute Gasteiger partial charge is 0.404 e. The van der Waals surface area contributed by atoms with Crippen molar-refractivity contribution in [3.63, 3.8) is 0 Å². The number of amides is 7. The van der Waals surface area contributed by atoms with E-state index in [0.717, 1.165) is 37.2 Å². The molecule has 0 fully saturated rings. The number of nitrogens with zero attached hydrogens (tertiary/aromatic N) is 3. The number of unbranched alkanes of at least 4 members (excludes halogenated alkanes) is 1. The fraction of sp³-hybridized carbons (Fsp3) is 0.620. The number of hydrogen-bond donors (Lipinski definition) is 8. The van der Waals surface area contributed by atoms with Crippen LogP contribution >= 0.6 is 0 Å². The summed E-state index contributed by atoms with van der Waals surface area (Å²) in [6, 6.07) is 11.0. The zero-order valence-corrected chi connectivity index (χ0v) is 41.9. The minimum absolute atomic E-state index is 0.0745. The minimum atomic E-state index is -1.29. The molecule has 0 saturated carbocycles. The first-order valence-corrected chi connectivity index (χ1v) is 24.1. The molecule has 5 atom stereocenters. The van der Waals surface area contributed by atoms with Crippen LogP contribution in [-0.2, 0) is 40.6 Å². The first kappa shape index (κ1) is 58.5. The van der Waals surface area contributed by atoms with Crippen LogP contribution in [0.2, 0.25) is 0 Å². The maximum Gasteiger partial charge on any atom is 0.404 e. The van der Waals surface area contributed by atoms with Crippen LogP contribution in [0.1, 0.15) is 105 Å². The van der Waals surface area contributed by atoms with Crippen LogP contribution in [0.15, 0.2) is 54.6 Å². The molecule has 68 heavy (non-hydrogen) atoms. The number of aliphatic hydroxyl groups excluding tert-OH is 1. The van der Waals surface area contributed by atoms with E-state index in [0.29, 0.717) is 51.0 Å². The average Bonchev–Trinajstić information content (AvgIpc) is 3.29. The molecule has 7 amide bonds. The summed E-state index contributed by atoms with van der Waals surface area (Å²) in [6.45, 7) is 19.3. The van der Waals surface area contributed by atoms with Crippen LogP contribution in [0.5, 0.6) is 0 Å². The molecule has 2 rings (SSSR count). The summed E-state index contributed by atoms with van der Waals surface area (Å²) in [5.41, 5.74) is 2.23. The lowest BCUT2D eigenvalue weighted by Gasteiger charge is -2.30. The van der Waals surface area contributed by atoms with Gasteiger partial charge in [-0.25, -0.2) is 4.79 Å². The zero-order valence-electron chi connectivity index (χ0n) is 41.9. The lowest BCUT2D eigenvalue weighted by atomic mass is 9.87. The Bertz CT molecular complexity index is 1860. The van der Waals surface area contributed by atoms with Gasteiger partial charge in [0.1, 0.15) is 30.2 Å². The van der Waals surface area contributed by atoms with Crippen molar-refractivity contribution >= 4 is 47.7 Å². The number of aliphatic hydroxyl groups is 1. The molecule has 0 saturated heterocycles. The van der Waals surface area contributed by atoms with Crippen LogP contribution in [-0.4, -0.2) is 152 Å². The molecule has 8 N–H and O–H groups in total. The average molecular weight is 952 g/mol. The number of carbonyl (C=O) groups is 7. The number of anilines is 1. The molecule has 0 aliphatic heterocycles. The van der Waals surface area contributed by atoms with Crippen molar-refractivity contribution in [2.75, 3.05) is 64.4 Å². The van der Waals surface area contributed by atoms with Crippen LogP contribution in [0, 0.1) is 5.92 Å². The molecular formula is C50H81N9O9. The molecule has 2 aromatic carbocycles. The van der Waals surface area contributed by atoms with E-state index < -0.39 is 72.4 Å². The first-order valence-electron chi connectivity index (χ1n) is 24.1. The Balaban J connectivity index is 2.23. The molecule has 0 aromatic heterocycles. The molecule has 0 bridgehead atoms. The highest BCUT2D eigenvalue weighted by molar-refractivity contribution is 5.97. The third kappa shape index (κ3) is 21.6. The van der Waals surface area contributed by atoms with Gasteiger partial charge in [0.05, 0.1) is 6.61 Å². The molecule has 0 unspecified atom stereocenters. The normalized spacial score (nSPS) is 13.7. The largest absolute Gasteiger partial charge is 0.465 e. The number of rotatable bonds is 32. The molecule has 0 radical (unpaired) electrons. The van der Waals surface area contributed by atoms with Crippen LogP contribution in [0.3, 0.4) is 0 Å². The van der Waals surface area contributed by atoms with Gasteiger partial charge in [-0.05, 0) is 120 Å². The Morgan fingerprint density at radius 2 is 1.25 bits per heavy atom. The predicted molar refractivity (Wildman–Crippen MR) is 265 cm³/mol. The maximum absolute atomic E-state index is 14.1. The molecule has 2 aromatic rings. The monoisotopic (exact) mass is 952 g/mol. The van der Waals surface area contributed by atoms with E-state index in [1.807, 2.05) is 68.3 Å². The molecule has 0 aliphatic rings. The van der Waals surface area contributed by atoms with E-state index >= 15 is 0 Å². The number of carboxylic acid groups (broad SMARTS) is 1. The van der Waals surface area contributed by atoms with E-state index in [9.17, 15) is 38.7 Å². The second-order valence-corrected chi connectivity index (χ2v) is 18.8. The standard InChI is InChI=1S/C50H81N9O9/c1-10-58(11-2)30-16-15-21-40(46(64)56-42(33-60)45(63)51-26-17-28-57(9)29-18-27-52-49(67)68)54-47(65)41(31-35(3)4)55-44(62)36(5)53-48(66)43(32-37-19-13-12-14-20-37)59(34-61)39-24-22-38(23-25-39)50(6,7)8/h12-14,19-20,22-25,34-36,40-43,52,60H,10-11,15-18,21,26-33H2,1-9H3,(H,51,63)(H,53,66)(H,54,65)(H,55,62)(H,56,64)(H,67,68)/t36-,40-,41-,42-,43-/m0/s1. The van der Waals surface area contributed by atoms with Gasteiger partial charge in [-0.3, -0.25) is 28.8 Å². The molecule has 0 heterocycles. The van der Waals surface area contributed by atoms with Crippen LogP contribution in [0.4, 0.5) is 10.5 Å². The fourth-order valence-corrected chi connectivity index (χ4v) is 7.55. The topological polar surface area (TPSA) is 242 Å². The van der Waals surface area contributed by atoms with Crippen LogP contribution < -0.4 is 36.8 Å². The van der Waals surface area contributed by atoms with Gasteiger partial charge in [-0.2, -0.15) is 0 Å². The molecule has 380 valence electrons. The minimum Gasteiger partial charge on any atom is -0.465 e. The molecule has 0 aliphatic carbocycles. The second kappa shape index (κ2) is 30.7. The van der Waals surface area contributed by atoms with Crippen LogP contribution in [0.25, 0.3) is 0 Å². The fourth-order valence-electron chi connectivity index (χ4n) is 7.55. The van der Waals surface area contributed by atoms with Crippen molar-refractivity contribution in [3.05, 3.63) is 65.7 Å². The zero-order chi connectivity index (χ0) is 50.8. The van der Waals surface area contributed by atoms with Gasteiger partial charge >= 0.3 is 6.09 Å². The lowest BCUT2D eigenvalue weighted by molar-refractivity contribution is -0.135. The van der Waals surface area contributed by atoms with Crippen molar-refractivity contribution in [2.45, 2.75) is 136 Å². The van der Waals surface area contributed by atoms with E-state index in [-0.39, 0.29) is 37.1 Å². The summed E-state index contributed by atoms with van der Waals surface area (Å²) >= 11 is 0. The molecular weight excluding hydrogens is 871 g/mol. The third-order valence-corrected chi connectivity index (χ3v) is 11.7. The number of hydrogen-bond acceptors (Lipinski definition) is 10. The van der Waals surface area contributed by atoms with Gasteiger partial charge in [-0.1, -0.05) is 90.9 Å². The number of benzene rings is 2. The van der Waals surface area contributed by atoms with Crippen molar-refractivity contribution in [2.24, 2.45) is 5.92 Å². The van der Waals surface area contributed by atoms with Gasteiger partial charge in [0.25, 0.3) is 0 Å². The number of carbonyl (C=O) groups excluding carboxylic acids is 6. The maximum atomic E-state index is 14.1. The highest BCUT2D eigenvalue weighted by Gasteiger charge is 2.33. The third-order valence-electron chi connectivity index (χ3n) is 11.7. The van der Waals surface area contributed by atoms with E-state index in [1.54, 1.807) is 12.1 Å². The molecule has 18 nitrogen and oxygen atoms in total. The SMILES string of the molecule is CCN(CC)CCCC[C@H](NC(=O)[C@H](CC(C)C)NC(=O)[C@H](C)NC(=O)[C@H](Cc1ccccc1)N(C=O)c1ccc(C(C)(C)C)cc1)C(=O)N[C@@H](CO)C(=O)NCCCN(C)CCCNC(=O)O. The highest BCUT2D eigenvalue weighted by Crippen LogP contribution is 2.26. The van der Waals surface area contributed by atoms with E-state index in [2.05, 4.69) is 71.4 Å². The van der Waals surface area contributed by atoms with Gasteiger partial charge in [0, 0.05) is 25.2 Å². The summed E-state index contributed by atoms with van der Waals surface area (Å²) in [5, 5.41) is 34.9. The predicted octanol–water partition coefficient (Wildman–Crippen LogP) is 3.16. The van der Waals surface area contributed by atoms with Crippen molar-refractivity contribution < 1.29 is 43.8 Å². The Hall–Kier alpha value is -5.59.